The molecule has 0 aliphatic carbocycles. The zero-order valence-electron chi connectivity index (χ0n) is 17.8. The van der Waals surface area contributed by atoms with Gasteiger partial charge in [-0.25, -0.2) is 0 Å². The van der Waals surface area contributed by atoms with Crippen molar-refractivity contribution in [3.05, 3.63) is 29.8 Å². The lowest BCUT2D eigenvalue weighted by atomic mass is 10.0. The van der Waals surface area contributed by atoms with E-state index in [4.69, 9.17) is 18.9 Å². The van der Waals surface area contributed by atoms with E-state index in [-0.39, 0.29) is 6.29 Å². The second-order valence-electron chi connectivity index (χ2n) is 7.64. The maximum Gasteiger partial charge on any atom is 0.157 e. The Balaban J connectivity index is 1.42. The van der Waals surface area contributed by atoms with E-state index >= 15 is 0 Å². The average Bonchev–Trinajstić information content (AvgIpc) is 2.74. The maximum absolute atomic E-state index is 5.75. The van der Waals surface area contributed by atoms with Crippen molar-refractivity contribution in [2.75, 3.05) is 33.0 Å². The fourth-order valence-electron chi connectivity index (χ4n) is 3.44. The van der Waals surface area contributed by atoms with Crippen molar-refractivity contribution in [3.63, 3.8) is 0 Å². The van der Waals surface area contributed by atoms with E-state index in [1.807, 2.05) is 0 Å². The lowest BCUT2D eigenvalue weighted by Crippen LogP contribution is -2.24. The van der Waals surface area contributed by atoms with E-state index in [1.165, 1.54) is 63.4 Å². The van der Waals surface area contributed by atoms with Gasteiger partial charge in [-0.3, -0.25) is 0 Å². The molecule has 1 aliphatic heterocycles. The van der Waals surface area contributed by atoms with Crippen LogP contribution in [0.15, 0.2) is 24.3 Å². The van der Waals surface area contributed by atoms with Crippen molar-refractivity contribution in [1.82, 2.24) is 0 Å². The number of hydrogen-bond donors (Lipinski definition) is 0. The molecule has 1 saturated heterocycles. The number of rotatable bonds is 16. The molecule has 1 aromatic rings. The van der Waals surface area contributed by atoms with Crippen LogP contribution < -0.4 is 4.74 Å². The molecule has 1 unspecified atom stereocenters. The summed E-state index contributed by atoms with van der Waals surface area (Å²) in [6.45, 7) is 5.39. The number of benzene rings is 1. The van der Waals surface area contributed by atoms with Gasteiger partial charge < -0.3 is 18.9 Å². The SMILES string of the molecule is CCCCCCCCCc1ccc(OCCOCCOC2CCCCO2)cc1. The summed E-state index contributed by atoms with van der Waals surface area (Å²) >= 11 is 0. The largest absolute Gasteiger partial charge is 0.491 e. The predicted molar refractivity (Wildman–Crippen MR) is 114 cm³/mol. The third-order valence-corrected chi connectivity index (χ3v) is 5.16. The topological polar surface area (TPSA) is 36.9 Å². The lowest BCUT2D eigenvalue weighted by molar-refractivity contribution is -0.169. The van der Waals surface area contributed by atoms with Gasteiger partial charge in [0.1, 0.15) is 12.4 Å². The molecule has 0 spiro atoms. The Kier molecular flexibility index (Phi) is 13.1. The number of ether oxygens (including phenoxy) is 4. The third-order valence-electron chi connectivity index (χ3n) is 5.16. The Morgan fingerprint density at radius 3 is 2.36 bits per heavy atom. The van der Waals surface area contributed by atoms with Crippen LogP contribution >= 0.6 is 0 Å². The minimum absolute atomic E-state index is 0.0341. The molecule has 4 nitrogen and oxygen atoms in total. The molecule has 2 rings (SSSR count). The van der Waals surface area contributed by atoms with Crippen LogP contribution in [0.1, 0.15) is 76.7 Å². The molecule has 160 valence electrons. The van der Waals surface area contributed by atoms with Crippen LogP contribution in [-0.2, 0) is 20.6 Å². The second kappa shape index (κ2) is 15.8. The molecular formula is C24H40O4. The first-order chi connectivity index (χ1) is 13.9. The molecule has 28 heavy (non-hydrogen) atoms. The summed E-state index contributed by atoms with van der Waals surface area (Å²) < 4.78 is 22.5. The highest BCUT2D eigenvalue weighted by Gasteiger charge is 2.13. The Labute approximate surface area is 171 Å². The Hall–Kier alpha value is -1.10. The first kappa shape index (κ1) is 23.2. The third kappa shape index (κ3) is 11.0. The molecule has 0 bridgehead atoms. The van der Waals surface area contributed by atoms with Crippen molar-refractivity contribution in [3.8, 4) is 5.75 Å². The van der Waals surface area contributed by atoms with Crippen LogP contribution in [0.4, 0.5) is 0 Å². The van der Waals surface area contributed by atoms with Gasteiger partial charge in [-0.2, -0.15) is 0 Å². The van der Waals surface area contributed by atoms with Gasteiger partial charge in [0.05, 0.1) is 19.8 Å². The highest BCUT2D eigenvalue weighted by atomic mass is 16.7. The minimum Gasteiger partial charge on any atom is -0.491 e. The average molecular weight is 393 g/mol. The Bertz CT molecular complexity index is 468. The molecule has 1 heterocycles. The van der Waals surface area contributed by atoms with Crippen LogP contribution in [0, 0.1) is 0 Å². The van der Waals surface area contributed by atoms with Gasteiger partial charge in [0.15, 0.2) is 6.29 Å². The predicted octanol–water partition coefficient (Wildman–Crippen LogP) is 5.92. The van der Waals surface area contributed by atoms with Crippen molar-refractivity contribution in [2.24, 2.45) is 0 Å². The molecule has 0 amide bonds. The summed E-state index contributed by atoms with van der Waals surface area (Å²) in [5.74, 6) is 0.916. The van der Waals surface area contributed by atoms with Crippen molar-refractivity contribution < 1.29 is 18.9 Å². The quantitative estimate of drug-likeness (QED) is 0.327. The van der Waals surface area contributed by atoms with Crippen LogP contribution in [0.3, 0.4) is 0 Å². The summed E-state index contributed by atoms with van der Waals surface area (Å²) in [5, 5.41) is 0. The zero-order chi connectivity index (χ0) is 19.7. The van der Waals surface area contributed by atoms with Crippen LogP contribution in [0.2, 0.25) is 0 Å². The smallest absolute Gasteiger partial charge is 0.157 e. The molecule has 4 heteroatoms. The van der Waals surface area contributed by atoms with E-state index in [9.17, 15) is 0 Å². The van der Waals surface area contributed by atoms with Crippen molar-refractivity contribution in [2.45, 2.75) is 83.8 Å². The Morgan fingerprint density at radius 2 is 1.61 bits per heavy atom. The summed E-state index contributed by atoms with van der Waals surface area (Å²) in [7, 11) is 0. The number of unbranched alkanes of at least 4 members (excludes halogenated alkanes) is 6. The van der Waals surface area contributed by atoms with Crippen molar-refractivity contribution in [1.29, 1.82) is 0 Å². The molecule has 0 N–H and O–H groups in total. The van der Waals surface area contributed by atoms with Gasteiger partial charge in [0, 0.05) is 6.61 Å². The molecule has 1 atom stereocenters. The maximum atomic E-state index is 5.75. The standard InChI is InChI=1S/C24H40O4/c1-2-3-4-5-6-7-8-11-22-13-15-23(16-14-22)26-20-18-25-19-21-28-24-12-9-10-17-27-24/h13-16,24H,2-12,17-21H2,1H3. The first-order valence-corrected chi connectivity index (χ1v) is 11.4. The normalized spacial score (nSPS) is 17.0. The molecule has 1 aromatic carbocycles. The molecule has 1 aliphatic rings. The zero-order valence-corrected chi connectivity index (χ0v) is 17.8. The fraction of sp³-hybridized carbons (Fsp3) is 0.750. The van der Waals surface area contributed by atoms with Gasteiger partial charge in [0.25, 0.3) is 0 Å². The van der Waals surface area contributed by atoms with Gasteiger partial charge in [0.2, 0.25) is 0 Å². The fourth-order valence-corrected chi connectivity index (χ4v) is 3.44. The summed E-state index contributed by atoms with van der Waals surface area (Å²) in [6, 6.07) is 8.51. The van der Waals surface area contributed by atoms with Crippen LogP contribution in [0.25, 0.3) is 0 Å². The molecule has 1 fully saturated rings. The summed E-state index contributed by atoms with van der Waals surface area (Å²) in [6.07, 6.45) is 14.0. The number of hydrogen-bond acceptors (Lipinski definition) is 4. The molecule has 0 aromatic heterocycles. The monoisotopic (exact) mass is 392 g/mol. The van der Waals surface area contributed by atoms with Gasteiger partial charge in [-0.15, -0.1) is 0 Å². The highest BCUT2D eigenvalue weighted by molar-refractivity contribution is 5.27. The summed E-state index contributed by atoms with van der Waals surface area (Å²) in [4.78, 5) is 0. The van der Waals surface area contributed by atoms with E-state index < -0.39 is 0 Å². The Morgan fingerprint density at radius 1 is 0.857 bits per heavy atom. The van der Waals surface area contributed by atoms with Gasteiger partial charge >= 0.3 is 0 Å². The highest BCUT2D eigenvalue weighted by Crippen LogP contribution is 2.15. The first-order valence-electron chi connectivity index (χ1n) is 11.4. The van der Waals surface area contributed by atoms with Crippen LogP contribution in [-0.4, -0.2) is 39.3 Å². The molecular weight excluding hydrogens is 352 g/mol. The van der Waals surface area contributed by atoms with Gasteiger partial charge in [-0.05, 0) is 49.8 Å². The van der Waals surface area contributed by atoms with Crippen LogP contribution in [0.5, 0.6) is 5.75 Å². The summed E-state index contributed by atoms with van der Waals surface area (Å²) in [5.41, 5.74) is 1.40. The number of aryl methyl sites for hydroxylation is 1. The van der Waals surface area contributed by atoms with E-state index in [0.717, 1.165) is 25.2 Å². The molecule has 0 saturated carbocycles. The van der Waals surface area contributed by atoms with E-state index in [2.05, 4.69) is 31.2 Å². The molecule has 0 radical (unpaired) electrons. The lowest BCUT2D eigenvalue weighted by Gasteiger charge is -2.22. The van der Waals surface area contributed by atoms with Crippen molar-refractivity contribution >= 4 is 0 Å². The van der Waals surface area contributed by atoms with Gasteiger partial charge in [-0.1, -0.05) is 57.6 Å². The second-order valence-corrected chi connectivity index (χ2v) is 7.64. The minimum atomic E-state index is -0.0341. The van der Waals surface area contributed by atoms with E-state index in [1.54, 1.807) is 0 Å². The van der Waals surface area contributed by atoms with E-state index in [0.29, 0.717) is 26.4 Å².